The van der Waals surface area contributed by atoms with Crippen molar-refractivity contribution < 1.29 is 53.1 Å². The first-order valence-corrected chi connectivity index (χ1v) is 12.2. The molecule has 1 aromatic rings. The van der Waals surface area contributed by atoms with Crippen LogP contribution in [0.5, 0.6) is 0 Å². The number of nitrogens with two attached hydrogens (primary N) is 1. The molecular formula is C18H18N4O11S2. The number of aromatic nitrogens is 1. The number of carboxylic acids is 2. The summed E-state index contributed by atoms with van der Waals surface area (Å²) in [5.41, 5.74) is 2.72. The van der Waals surface area contributed by atoms with Gasteiger partial charge in [0.1, 0.15) is 11.1 Å². The molecule has 3 fully saturated rings. The second-order valence-corrected chi connectivity index (χ2v) is 10.3. The number of Topliss-reactive ketones (excluding diaryl/α,β-unsaturated/α-hetero) is 1. The quantitative estimate of drug-likeness (QED) is 0.114. The highest BCUT2D eigenvalue weighted by Crippen LogP contribution is 2.50. The maximum atomic E-state index is 13.1. The fourth-order valence-corrected chi connectivity index (χ4v) is 6.81. The smallest absolute Gasteiger partial charge is 0.370 e. The number of thiazole rings is 1. The highest BCUT2D eigenvalue weighted by Gasteiger charge is 2.72. The van der Waals surface area contributed by atoms with Gasteiger partial charge in [-0.3, -0.25) is 23.5 Å². The minimum atomic E-state index is -2.29. The Labute approximate surface area is 201 Å². The standard InChI is InChI=1S/C18H18N4O11S2/c19-17-20-8(4-34-17)12(21-33-10(3-23)15(27)28)9(24)2-7-13(26)22-14(7)35(31)5-6-1-11(25)32-18(6,22)16(29)30/h4,6-7,10,14,23H,1-3,5H2,(H2,19,20)(H,27,28)(H,29,30)/b21-12-/t6-,7+,10-,14+,18+,35-/m0/s1. The zero-order valence-electron chi connectivity index (χ0n) is 17.6. The number of rotatable bonds is 9. The van der Waals surface area contributed by atoms with Crippen LogP contribution in [0, 0.1) is 11.8 Å². The van der Waals surface area contributed by atoms with Gasteiger partial charge in [-0.2, -0.15) is 0 Å². The number of ketones is 1. The molecule has 35 heavy (non-hydrogen) atoms. The Bertz CT molecular complexity index is 1180. The molecule has 4 rings (SSSR count). The molecule has 4 heterocycles. The summed E-state index contributed by atoms with van der Waals surface area (Å²) >= 11 is 0.942. The van der Waals surface area contributed by atoms with Crippen LogP contribution in [0.3, 0.4) is 0 Å². The molecule has 0 saturated carbocycles. The summed E-state index contributed by atoms with van der Waals surface area (Å²) in [6.45, 7) is -0.951. The Balaban J connectivity index is 1.60. The van der Waals surface area contributed by atoms with E-state index in [0.29, 0.717) is 0 Å². The van der Waals surface area contributed by atoms with Crippen molar-refractivity contribution in [1.29, 1.82) is 0 Å². The van der Waals surface area contributed by atoms with Crippen molar-refractivity contribution in [3.63, 3.8) is 0 Å². The average molecular weight is 530 g/mol. The number of β-lactam (4-membered cyclic amide) rings is 1. The van der Waals surface area contributed by atoms with Gasteiger partial charge in [-0.15, -0.1) is 11.3 Å². The first kappa shape index (κ1) is 24.7. The number of amides is 1. The lowest BCUT2D eigenvalue weighted by molar-refractivity contribution is -0.220. The number of hydrogen-bond acceptors (Lipinski definition) is 13. The van der Waals surface area contributed by atoms with Crippen molar-refractivity contribution in [2.45, 2.75) is 30.0 Å². The number of aliphatic hydroxyl groups excluding tert-OH is 1. The Morgan fingerprint density at radius 3 is 2.69 bits per heavy atom. The molecule has 0 spiro atoms. The molecule has 5 N–H and O–H groups in total. The molecule has 3 aliphatic heterocycles. The third-order valence-electron chi connectivity index (χ3n) is 5.83. The lowest BCUT2D eigenvalue weighted by Gasteiger charge is -2.56. The van der Waals surface area contributed by atoms with Crippen LogP contribution in [0.4, 0.5) is 5.13 Å². The predicted molar refractivity (Wildman–Crippen MR) is 114 cm³/mol. The Morgan fingerprint density at radius 2 is 2.11 bits per heavy atom. The zero-order valence-corrected chi connectivity index (χ0v) is 19.2. The Morgan fingerprint density at radius 1 is 1.40 bits per heavy atom. The zero-order chi connectivity index (χ0) is 25.7. The molecule has 0 unspecified atom stereocenters. The van der Waals surface area contributed by atoms with Gasteiger partial charge in [0, 0.05) is 28.4 Å². The third kappa shape index (κ3) is 3.94. The molecule has 1 amide bonds. The Hall–Kier alpha value is -3.44. The van der Waals surface area contributed by atoms with Crippen LogP contribution >= 0.6 is 11.3 Å². The molecule has 0 bridgehead atoms. The highest BCUT2D eigenvalue weighted by molar-refractivity contribution is 7.85. The van der Waals surface area contributed by atoms with Gasteiger partial charge in [0.25, 0.3) is 5.72 Å². The van der Waals surface area contributed by atoms with Crippen molar-refractivity contribution in [2.24, 2.45) is 17.0 Å². The van der Waals surface area contributed by atoms with Gasteiger partial charge in [0.2, 0.25) is 12.0 Å². The van der Waals surface area contributed by atoms with Gasteiger partial charge in [-0.25, -0.2) is 14.6 Å². The van der Waals surface area contributed by atoms with Crippen molar-refractivity contribution >= 4 is 62.6 Å². The van der Waals surface area contributed by atoms with Crippen LogP contribution in [0.15, 0.2) is 10.5 Å². The summed E-state index contributed by atoms with van der Waals surface area (Å²) in [5.74, 6) is -8.13. The first-order valence-electron chi connectivity index (χ1n) is 9.98. The van der Waals surface area contributed by atoms with Gasteiger partial charge in [-0.05, 0) is 0 Å². The number of aliphatic carboxylic acids is 2. The van der Waals surface area contributed by atoms with E-state index in [0.717, 1.165) is 16.2 Å². The second kappa shape index (κ2) is 8.97. The summed E-state index contributed by atoms with van der Waals surface area (Å²) in [4.78, 5) is 70.4. The summed E-state index contributed by atoms with van der Waals surface area (Å²) < 4.78 is 17.9. The van der Waals surface area contributed by atoms with Crippen LogP contribution in [0.2, 0.25) is 0 Å². The number of nitrogens with zero attached hydrogens (tertiary/aromatic N) is 3. The number of esters is 1. The molecule has 6 atom stereocenters. The Kier molecular flexibility index (Phi) is 6.32. The molecule has 1 aromatic heterocycles. The number of anilines is 1. The second-order valence-electron chi connectivity index (χ2n) is 7.88. The summed E-state index contributed by atoms with van der Waals surface area (Å²) in [7, 11) is -1.79. The van der Waals surface area contributed by atoms with Gasteiger partial charge >= 0.3 is 17.9 Å². The van der Waals surface area contributed by atoms with E-state index in [-0.39, 0.29) is 23.0 Å². The number of ether oxygens (including phenoxy) is 1. The normalized spacial score (nSPS) is 30.5. The molecule has 3 aliphatic rings. The molecule has 15 nitrogen and oxygen atoms in total. The van der Waals surface area contributed by atoms with E-state index < -0.39 is 88.2 Å². The largest absolute Gasteiger partial charge is 0.478 e. The fraction of sp³-hybridized carbons (Fsp3) is 0.500. The maximum Gasteiger partial charge on any atom is 0.370 e. The van der Waals surface area contributed by atoms with Crippen molar-refractivity contribution in [1.82, 2.24) is 9.88 Å². The molecular weight excluding hydrogens is 512 g/mol. The number of aliphatic hydroxyl groups is 1. The van der Waals surface area contributed by atoms with E-state index in [2.05, 4.69) is 10.1 Å². The number of carbonyl (C=O) groups excluding carboxylic acids is 3. The van der Waals surface area contributed by atoms with Crippen LogP contribution in [-0.2, 0) is 44.3 Å². The van der Waals surface area contributed by atoms with E-state index in [4.69, 9.17) is 25.5 Å². The van der Waals surface area contributed by atoms with E-state index >= 15 is 0 Å². The van der Waals surface area contributed by atoms with Gasteiger partial charge < -0.3 is 30.6 Å². The number of carbonyl (C=O) groups is 5. The molecule has 188 valence electrons. The van der Waals surface area contributed by atoms with Crippen LogP contribution in [-0.4, -0.2) is 94.3 Å². The molecule has 0 aliphatic carbocycles. The van der Waals surface area contributed by atoms with E-state index in [1.807, 2.05) is 0 Å². The van der Waals surface area contributed by atoms with Crippen LogP contribution in [0.1, 0.15) is 18.5 Å². The number of oxime groups is 1. The number of hydrogen-bond donors (Lipinski definition) is 4. The van der Waals surface area contributed by atoms with Crippen LogP contribution in [0.25, 0.3) is 0 Å². The van der Waals surface area contributed by atoms with Crippen molar-refractivity contribution in [3.05, 3.63) is 11.1 Å². The molecule has 0 radical (unpaired) electrons. The number of fused-ring (bicyclic) bond motifs is 3. The SMILES string of the molecule is Nc1nc(/C(=N/O[C@@H](CO)C(=O)O)C(=O)C[C@@H]2C(=O)N3[C@@H]2[S@@](=O)C[C@@H]2CC(=O)O[C@@]23C(=O)O)cs1. The monoisotopic (exact) mass is 530 g/mol. The predicted octanol–water partition coefficient (Wildman–Crippen LogP) is -2.26. The highest BCUT2D eigenvalue weighted by atomic mass is 32.2. The summed E-state index contributed by atoms with van der Waals surface area (Å²) in [5, 5.41) is 31.6. The molecule has 3 saturated heterocycles. The summed E-state index contributed by atoms with van der Waals surface area (Å²) in [6.07, 6.45) is -2.70. The third-order valence-corrected chi connectivity index (χ3v) is 8.32. The lowest BCUT2D eigenvalue weighted by atomic mass is 9.84. The van der Waals surface area contributed by atoms with Gasteiger partial charge in [0.15, 0.2) is 16.6 Å². The molecule has 0 aromatic carbocycles. The first-order chi connectivity index (χ1) is 16.5. The van der Waals surface area contributed by atoms with Crippen molar-refractivity contribution in [3.8, 4) is 0 Å². The average Bonchev–Trinajstić information content (AvgIpc) is 3.35. The molecule has 17 heteroatoms. The van der Waals surface area contributed by atoms with Crippen LogP contribution < -0.4 is 5.73 Å². The number of carboxylic acid groups (broad SMARTS) is 2. The minimum Gasteiger partial charge on any atom is -0.478 e. The van der Waals surface area contributed by atoms with E-state index in [1.54, 1.807) is 0 Å². The topological polar surface area (TPSA) is 236 Å². The fourth-order valence-electron chi connectivity index (χ4n) is 4.25. The summed E-state index contributed by atoms with van der Waals surface area (Å²) in [6, 6.07) is 0. The minimum absolute atomic E-state index is 0.0502. The lowest BCUT2D eigenvalue weighted by Crippen LogP contribution is -2.78. The van der Waals surface area contributed by atoms with Crippen molar-refractivity contribution in [2.75, 3.05) is 18.1 Å². The number of nitrogen functional groups attached to an aromatic ring is 1. The van der Waals surface area contributed by atoms with E-state index in [1.165, 1.54) is 5.38 Å². The van der Waals surface area contributed by atoms with E-state index in [9.17, 15) is 33.3 Å². The van der Waals surface area contributed by atoms with Gasteiger partial charge in [0.05, 0.1) is 24.9 Å². The van der Waals surface area contributed by atoms with Gasteiger partial charge in [-0.1, -0.05) is 5.16 Å². The maximum absolute atomic E-state index is 13.1.